The molecule has 1 aromatic heterocycles. The number of benzene rings is 2. The zero-order chi connectivity index (χ0) is 18.1. The van der Waals surface area contributed by atoms with Crippen LogP contribution in [0.2, 0.25) is 0 Å². The Morgan fingerprint density at radius 1 is 1.04 bits per heavy atom. The highest BCUT2D eigenvalue weighted by Gasteiger charge is 2.20. The van der Waals surface area contributed by atoms with Gasteiger partial charge < -0.3 is 11.5 Å². The van der Waals surface area contributed by atoms with Gasteiger partial charge in [-0.05, 0) is 24.8 Å². The van der Waals surface area contributed by atoms with Gasteiger partial charge in [0.2, 0.25) is 5.95 Å². The fraction of sp³-hybridized carbons (Fsp3) is 0.150. The van der Waals surface area contributed by atoms with Crippen LogP contribution < -0.4 is 11.5 Å². The largest absolute Gasteiger partial charge is 0.384 e. The molecule has 0 saturated heterocycles. The number of nitrogen functional groups attached to an aromatic ring is 2. The standard InChI is InChI=1S/C20H20N6.2ClH/c21-19(22)16-10-4-9-15-14(16)8-5-11-17(15)25-26-12-18(24-20(26)23)13-6-2-1-3-7-13;;/h1-4,6-7,9-10,12H,5,8,11H2,(H3,21,22)(H2,23,24);2*1H. The predicted molar refractivity (Wildman–Crippen MR) is 119 cm³/mol. The maximum absolute atomic E-state index is 7.80. The molecule has 0 aliphatic heterocycles. The molecule has 2 aromatic carbocycles. The third-order valence-corrected chi connectivity index (χ3v) is 4.63. The molecular formula is C20H22Cl2N6. The molecule has 0 unspecified atom stereocenters. The van der Waals surface area contributed by atoms with Gasteiger partial charge >= 0.3 is 0 Å². The second kappa shape index (κ2) is 8.91. The highest BCUT2D eigenvalue weighted by atomic mass is 35.5. The number of hydrogen-bond acceptors (Lipinski definition) is 4. The molecule has 0 amide bonds. The van der Waals surface area contributed by atoms with E-state index in [1.807, 2.05) is 54.7 Å². The number of hydrogen-bond donors (Lipinski definition) is 3. The monoisotopic (exact) mass is 416 g/mol. The van der Waals surface area contributed by atoms with E-state index in [1.165, 1.54) is 0 Å². The van der Waals surface area contributed by atoms with Gasteiger partial charge in [-0.15, -0.1) is 24.8 Å². The first kappa shape index (κ1) is 21.5. The molecule has 3 aromatic rings. The van der Waals surface area contributed by atoms with Crippen molar-refractivity contribution in [3.8, 4) is 11.3 Å². The van der Waals surface area contributed by atoms with Crippen LogP contribution in [0.3, 0.4) is 0 Å². The van der Waals surface area contributed by atoms with Crippen molar-refractivity contribution in [3.05, 3.63) is 71.4 Å². The second-order valence-electron chi connectivity index (χ2n) is 6.34. The summed E-state index contributed by atoms with van der Waals surface area (Å²) in [5.41, 5.74) is 17.5. The van der Waals surface area contributed by atoms with Crippen molar-refractivity contribution in [1.82, 2.24) is 9.66 Å². The smallest absolute Gasteiger partial charge is 0.221 e. The van der Waals surface area contributed by atoms with Crippen molar-refractivity contribution in [2.45, 2.75) is 19.3 Å². The highest BCUT2D eigenvalue weighted by Crippen LogP contribution is 2.26. The molecule has 0 radical (unpaired) electrons. The highest BCUT2D eigenvalue weighted by molar-refractivity contribution is 6.06. The van der Waals surface area contributed by atoms with E-state index in [1.54, 1.807) is 4.68 Å². The maximum Gasteiger partial charge on any atom is 0.221 e. The summed E-state index contributed by atoms with van der Waals surface area (Å²) in [6, 6.07) is 15.7. The molecule has 0 fully saturated rings. The molecule has 28 heavy (non-hydrogen) atoms. The van der Waals surface area contributed by atoms with Crippen LogP contribution in [0.5, 0.6) is 0 Å². The van der Waals surface area contributed by atoms with E-state index in [0.29, 0.717) is 5.95 Å². The Bertz CT molecular complexity index is 1010. The lowest BCUT2D eigenvalue weighted by Gasteiger charge is -2.20. The van der Waals surface area contributed by atoms with Crippen LogP contribution in [-0.4, -0.2) is 21.2 Å². The second-order valence-corrected chi connectivity index (χ2v) is 6.34. The molecule has 1 heterocycles. The lowest BCUT2D eigenvalue weighted by Crippen LogP contribution is -2.20. The third-order valence-electron chi connectivity index (χ3n) is 4.63. The van der Waals surface area contributed by atoms with E-state index >= 15 is 0 Å². The molecule has 1 aliphatic carbocycles. The number of aromatic nitrogens is 2. The Kier molecular flexibility index (Phi) is 6.83. The summed E-state index contributed by atoms with van der Waals surface area (Å²) in [6.07, 6.45) is 4.57. The average Bonchev–Trinajstić information content (AvgIpc) is 3.03. The van der Waals surface area contributed by atoms with Gasteiger partial charge in [0.1, 0.15) is 5.84 Å². The first-order valence-corrected chi connectivity index (χ1v) is 8.58. The van der Waals surface area contributed by atoms with Gasteiger partial charge in [-0.1, -0.05) is 48.5 Å². The average molecular weight is 417 g/mol. The van der Waals surface area contributed by atoms with Crippen molar-refractivity contribution in [3.63, 3.8) is 0 Å². The number of halogens is 2. The molecule has 6 nitrogen and oxygen atoms in total. The number of imidazole rings is 1. The molecule has 0 saturated carbocycles. The third kappa shape index (κ3) is 4.03. The lowest BCUT2D eigenvalue weighted by atomic mass is 9.86. The molecule has 8 heteroatoms. The normalized spacial score (nSPS) is 13.9. The first-order chi connectivity index (χ1) is 12.6. The van der Waals surface area contributed by atoms with Gasteiger partial charge in [0.25, 0.3) is 0 Å². The Morgan fingerprint density at radius 2 is 1.79 bits per heavy atom. The molecule has 0 atom stereocenters. The maximum atomic E-state index is 7.80. The number of anilines is 1. The number of amidine groups is 1. The quantitative estimate of drug-likeness (QED) is 0.445. The summed E-state index contributed by atoms with van der Waals surface area (Å²) in [5.74, 6) is 0.447. The number of nitrogens with one attached hydrogen (secondary N) is 1. The number of nitrogens with two attached hydrogens (primary N) is 2. The van der Waals surface area contributed by atoms with E-state index in [-0.39, 0.29) is 30.6 Å². The minimum absolute atomic E-state index is 0. The number of nitrogens with zero attached hydrogens (tertiary/aromatic N) is 3. The Labute approximate surface area is 176 Å². The fourth-order valence-electron chi connectivity index (χ4n) is 3.39. The minimum Gasteiger partial charge on any atom is -0.384 e. The Balaban J connectivity index is 0.00000140. The summed E-state index contributed by atoms with van der Waals surface area (Å²) in [5, 5.41) is 12.5. The number of rotatable bonds is 3. The topological polar surface area (TPSA) is 106 Å². The van der Waals surface area contributed by atoms with Gasteiger partial charge in [0.15, 0.2) is 0 Å². The van der Waals surface area contributed by atoms with Crippen molar-refractivity contribution in [1.29, 1.82) is 5.41 Å². The van der Waals surface area contributed by atoms with Gasteiger partial charge in [-0.2, -0.15) is 5.10 Å². The molecule has 4 rings (SSSR count). The van der Waals surface area contributed by atoms with Gasteiger partial charge in [-0.25, -0.2) is 9.66 Å². The first-order valence-electron chi connectivity index (χ1n) is 8.58. The van der Waals surface area contributed by atoms with E-state index in [2.05, 4.69) is 4.98 Å². The lowest BCUT2D eigenvalue weighted by molar-refractivity contribution is 0.809. The predicted octanol–water partition coefficient (Wildman–Crippen LogP) is 3.85. The molecule has 0 bridgehead atoms. The SMILES string of the molecule is Cl.Cl.N=C(N)c1cccc2c1CCCC2=Nn1cc(-c2ccccc2)nc1N. The summed E-state index contributed by atoms with van der Waals surface area (Å²) < 4.78 is 1.63. The van der Waals surface area contributed by atoms with Crippen LogP contribution in [0.4, 0.5) is 5.95 Å². The zero-order valence-electron chi connectivity index (χ0n) is 15.1. The van der Waals surface area contributed by atoms with E-state index in [4.69, 9.17) is 22.0 Å². The summed E-state index contributed by atoms with van der Waals surface area (Å²) in [4.78, 5) is 4.43. The van der Waals surface area contributed by atoms with Crippen LogP contribution in [0.15, 0.2) is 59.8 Å². The van der Waals surface area contributed by atoms with Crippen LogP contribution in [0, 0.1) is 5.41 Å². The molecule has 1 aliphatic rings. The van der Waals surface area contributed by atoms with Crippen LogP contribution >= 0.6 is 24.8 Å². The minimum atomic E-state index is 0. The summed E-state index contributed by atoms with van der Waals surface area (Å²) in [6.45, 7) is 0. The van der Waals surface area contributed by atoms with E-state index in [9.17, 15) is 0 Å². The van der Waals surface area contributed by atoms with Crippen molar-refractivity contribution in [2.75, 3.05) is 5.73 Å². The molecular weight excluding hydrogens is 395 g/mol. The molecule has 146 valence electrons. The Morgan fingerprint density at radius 3 is 2.50 bits per heavy atom. The van der Waals surface area contributed by atoms with E-state index < -0.39 is 0 Å². The van der Waals surface area contributed by atoms with Crippen molar-refractivity contribution in [2.24, 2.45) is 10.8 Å². The van der Waals surface area contributed by atoms with E-state index in [0.717, 1.165) is 52.9 Å². The van der Waals surface area contributed by atoms with Gasteiger partial charge in [0.05, 0.1) is 17.6 Å². The summed E-state index contributed by atoms with van der Waals surface area (Å²) in [7, 11) is 0. The van der Waals surface area contributed by atoms with Gasteiger partial charge in [0, 0.05) is 16.7 Å². The van der Waals surface area contributed by atoms with Crippen LogP contribution in [0.1, 0.15) is 29.5 Å². The fourth-order valence-corrected chi connectivity index (χ4v) is 3.39. The summed E-state index contributed by atoms with van der Waals surface area (Å²) >= 11 is 0. The number of fused-ring (bicyclic) bond motifs is 1. The zero-order valence-corrected chi connectivity index (χ0v) is 16.8. The van der Waals surface area contributed by atoms with Gasteiger partial charge in [-0.3, -0.25) is 5.41 Å². The Hall–Kier alpha value is -2.83. The van der Waals surface area contributed by atoms with Crippen LogP contribution in [0.25, 0.3) is 11.3 Å². The molecule has 5 N–H and O–H groups in total. The van der Waals surface area contributed by atoms with Crippen molar-refractivity contribution >= 4 is 42.3 Å². The van der Waals surface area contributed by atoms with Crippen LogP contribution in [-0.2, 0) is 6.42 Å². The van der Waals surface area contributed by atoms with Crippen molar-refractivity contribution < 1.29 is 0 Å². The molecule has 0 spiro atoms.